The van der Waals surface area contributed by atoms with E-state index in [9.17, 15) is 31.2 Å². The van der Waals surface area contributed by atoms with Crippen molar-refractivity contribution in [2.24, 2.45) is 22.4 Å². The van der Waals surface area contributed by atoms with Gasteiger partial charge in [-0.05, 0) is 50.2 Å². The summed E-state index contributed by atoms with van der Waals surface area (Å²) in [5.41, 5.74) is 16.1. The van der Waals surface area contributed by atoms with Crippen LogP contribution in [0.1, 0.15) is 24.2 Å². The maximum Gasteiger partial charge on any atom is 0.490 e. The molecule has 0 fully saturated rings. The number of hydrogen-bond donors (Lipinski definition) is 5. The lowest BCUT2D eigenvalue weighted by Crippen LogP contribution is -2.42. The number of nitrogens with two attached hydrogens (primary N) is 3. The lowest BCUT2D eigenvalue weighted by Gasteiger charge is -2.24. The van der Waals surface area contributed by atoms with Gasteiger partial charge in [-0.15, -0.1) is 0 Å². The predicted octanol–water partition coefficient (Wildman–Crippen LogP) is 0.519. The summed E-state index contributed by atoms with van der Waals surface area (Å²) in [5, 5.41) is 10.5. The first-order chi connectivity index (χ1) is 16.9. The van der Waals surface area contributed by atoms with Gasteiger partial charge in [0, 0.05) is 5.69 Å². The van der Waals surface area contributed by atoms with Gasteiger partial charge in [-0.25, -0.2) is 13.2 Å². The molecule has 0 radical (unpaired) electrons. The van der Waals surface area contributed by atoms with E-state index in [0.717, 1.165) is 10.1 Å². The highest BCUT2D eigenvalue weighted by atomic mass is 32.2. The maximum atomic E-state index is 13.0. The van der Waals surface area contributed by atoms with Gasteiger partial charge in [0.15, 0.2) is 12.1 Å². The van der Waals surface area contributed by atoms with Crippen molar-refractivity contribution in [3.05, 3.63) is 58.0 Å². The minimum atomic E-state index is -5.08. The molecule has 0 bridgehead atoms. The Kier molecular flexibility index (Phi) is 10.1. The molecular formula is C20H25F3N6O7S. The number of nitrogens with zero attached hydrogens (tertiary/aromatic N) is 2. The van der Waals surface area contributed by atoms with Gasteiger partial charge in [-0.3, -0.25) is 18.9 Å². The Hall–Kier alpha value is -4.28. The molecule has 1 aromatic heterocycles. The number of pyridine rings is 1. The number of carboxylic acids is 1. The lowest BCUT2D eigenvalue weighted by molar-refractivity contribution is -0.192. The van der Waals surface area contributed by atoms with Crippen molar-refractivity contribution in [2.45, 2.75) is 44.0 Å². The van der Waals surface area contributed by atoms with Gasteiger partial charge < -0.3 is 27.1 Å². The highest BCUT2D eigenvalue weighted by Crippen LogP contribution is 2.19. The monoisotopic (exact) mass is 550 g/mol. The van der Waals surface area contributed by atoms with Crippen LogP contribution in [0.25, 0.3) is 0 Å². The Morgan fingerprint density at radius 2 is 1.59 bits per heavy atom. The Morgan fingerprint density at radius 3 is 2.03 bits per heavy atom. The van der Waals surface area contributed by atoms with Crippen molar-refractivity contribution in [1.82, 2.24) is 4.57 Å². The van der Waals surface area contributed by atoms with Crippen molar-refractivity contribution in [3.63, 3.8) is 0 Å². The van der Waals surface area contributed by atoms with Crippen molar-refractivity contribution in [3.8, 4) is 0 Å². The molecule has 0 saturated carbocycles. The second-order valence-electron chi connectivity index (χ2n) is 7.46. The smallest absolute Gasteiger partial charge is 0.475 e. The highest BCUT2D eigenvalue weighted by Gasteiger charge is 2.38. The highest BCUT2D eigenvalue weighted by molar-refractivity contribution is 7.92. The number of oxime groups is 1. The second-order valence-corrected chi connectivity index (χ2v) is 9.14. The molecule has 204 valence electrons. The average molecular weight is 551 g/mol. The molecule has 17 heteroatoms. The van der Waals surface area contributed by atoms with Crippen molar-refractivity contribution in [1.29, 1.82) is 0 Å². The molecule has 1 aromatic carbocycles. The zero-order valence-corrected chi connectivity index (χ0v) is 20.5. The van der Waals surface area contributed by atoms with Crippen LogP contribution in [0.2, 0.25) is 0 Å². The number of primary amides is 1. The molecule has 2 aromatic rings. The minimum Gasteiger partial charge on any atom is -0.475 e. The number of guanidine groups is 1. The fourth-order valence-electron chi connectivity index (χ4n) is 2.76. The van der Waals surface area contributed by atoms with E-state index in [0.29, 0.717) is 5.69 Å². The quantitative estimate of drug-likeness (QED) is 0.175. The number of benzene rings is 1. The lowest BCUT2D eigenvalue weighted by atomic mass is 10.1. The van der Waals surface area contributed by atoms with Gasteiger partial charge in [-0.1, -0.05) is 17.7 Å². The molecule has 13 nitrogen and oxygen atoms in total. The predicted molar refractivity (Wildman–Crippen MR) is 126 cm³/mol. The Labute approximate surface area is 208 Å². The number of amides is 1. The van der Waals surface area contributed by atoms with E-state index in [-0.39, 0.29) is 16.5 Å². The van der Waals surface area contributed by atoms with Crippen LogP contribution in [0, 0.1) is 13.8 Å². The third-order valence-electron chi connectivity index (χ3n) is 4.48. The molecule has 2 unspecified atom stereocenters. The van der Waals surface area contributed by atoms with Crippen LogP contribution in [0.3, 0.4) is 0 Å². The zero-order chi connectivity index (χ0) is 28.7. The van der Waals surface area contributed by atoms with Gasteiger partial charge in [0.25, 0.3) is 15.6 Å². The van der Waals surface area contributed by atoms with E-state index in [1.807, 2.05) is 6.92 Å². The van der Waals surface area contributed by atoms with Crippen LogP contribution in [0.15, 0.2) is 51.2 Å². The number of alkyl halides is 3. The summed E-state index contributed by atoms with van der Waals surface area (Å²) in [6.07, 6.45) is -6.11. The summed E-state index contributed by atoms with van der Waals surface area (Å²) in [4.78, 5) is 39.0. The van der Waals surface area contributed by atoms with Gasteiger partial charge >= 0.3 is 12.1 Å². The number of sulfonamides is 1. The van der Waals surface area contributed by atoms with E-state index in [1.54, 1.807) is 19.1 Å². The molecule has 2 atom stereocenters. The molecule has 37 heavy (non-hydrogen) atoms. The van der Waals surface area contributed by atoms with Gasteiger partial charge in [0.05, 0.1) is 4.90 Å². The van der Waals surface area contributed by atoms with Crippen molar-refractivity contribution in [2.75, 3.05) is 4.72 Å². The minimum absolute atomic E-state index is 0.0180. The number of carbonyl (C=O) groups is 2. The largest absolute Gasteiger partial charge is 0.490 e. The molecule has 2 rings (SSSR count). The van der Waals surface area contributed by atoms with E-state index in [4.69, 9.17) is 31.9 Å². The van der Waals surface area contributed by atoms with Crippen molar-refractivity contribution < 1.29 is 41.1 Å². The van der Waals surface area contributed by atoms with E-state index in [1.165, 1.54) is 31.2 Å². The van der Waals surface area contributed by atoms with Crippen LogP contribution in [-0.4, -0.2) is 48.2 Å². The molecule has 0 aliphatic heterocycles. The number of rotatable bonds is 8. The normalized spacial score (nSPS) is 12.8. The summed E-state index contributed by atoms with van der Waals surface area (Å²) >= 11 is 0. The molecule has 0 saturated heterocycles. The van der Waals surface area contributed by atoms with E-state index < -0.39 is 45.8 Å². The number of halogens is 3. The third kappa shape index (κ3) is 8.71. The first kappa shape index (κ1) is 30.8. The van der Waals surface area contributed by atoms with Crippen molar-refractivity contribution >= 4 is 33.5 Å². The SMILES string of the molecule is Cc1ccc(S(=O)(=O)Nc2ccc(C)n(C(C(N)=O)C(C)ON=C(N)N)c2=O)cc1.O=C(O)C(F)(F)F. The van der Waals surface area contributed by atoms with Crippen LogP contribution in [0.4, 0.5) is 18.9 Å². The zero-order valence-electron chi connectivity index (χ0n) is 19.7. The summed E-state index contributed by atoms with van der Waals surface area (Å²) < 4.78 is 60.3. The van der Waals surface area contributed by atoms with E-state index >= 15 is 0 Å². The second kappa shape index (κ2) is 12.1. The summed E-state index contributed by atoms with van der Waals surface area (Å²) in [7, 11) is -4.04. The molecular weight excluding hydrogens is 525 g/mol. The number of hydrogen-bond acceptors (Lipinski definition) is 7. The maximum absolute atomic E-state index is 13.0. The number of anilines is 1. The van der Waals surface area contributed by atoms with Crippen LogP contribution >= 0.6 is 0 Å². The Bertz CT molecular complexity index is 1320. The average Bonchev–Trinajstić information content (AvgIpc) is 2.76. The number of carboxylic acid groups (broad SMARTS) is 1. The summed E-state index contributed by atoms with van der Waals surface area (Å²) in [6.45, 7) is 4.82. The molecule has 1 amide bonds. The Morgan fingerprint density at radius 1 is 1.08 bits per heavy atom. The standard InChI is InChI=1S/C18H24N6O5S.C2HF3O2/c1-10-4-7-13(8-5-10)30(27,28)23-14-9-6-11(2)24(17(14)26)15(16(19)25)12(3)29-22-18(20)21;3-2(4,5)1(6)7/h4-9,12,15,23H,1-3H3,(H2,19,25)(H4,20,21,22);(H,6,7). The van der Waals surface area contributed by atoms with Gasteiger partial charge in [0.2, 0.25) is 11.9 Å². The number of aromatic nitrogens is 1. The first-order valence-corrected chi connectivity index (χ1v) is 11.5. The number of aliphatic carboxylic acids is 1. The fraction of sp³-hybridized carbons (Fsp3) is 0.300. The van der Waals surface area contributed by atoms with Gasteiger partial charge in [0.1, 0.15) is 5.69 Å². The molecule has 0 aliphatic carbocycles. The van der Waals surface area contributed by atoms with Crippen LogP contribution < -0.4 is 27.5 Å². The first-order valence-electron chi connectivity index (χ1n) is 10.0. The fourth-order valence-corrected chi connectivity index (χ4v) is 3.82. The topological polar surface area (TPSA) is 222 Å². The Balaban J connectivity index is 0.000000856. The number of aryl methyl sites for hydroxylation is 2. The van der Waals surface area contributed by atoms with Crippen LogP contribution in [-0.2, 0) is 24.4 Å². The summed E-state index contributed by atoms with van der Waals surface area (Å²) in [5.74, 6) is -4.03. The third-order valence-corrected chi connectivity index (χ3v) is 5.86. The molecule has 8 N–H and O–H groups in total. The molecule has 0 aliphatic rings. The van der Waals surface area contributed by atoms with E-state index in [2.05, 4.69) is 9.88 Å². The van der Waals surface area contributed by atoms with Crippen LogP contribution in [0.5, 0.6) is 0 Å². The summed E-state index contributed by atoms with van der Waals surface area (Å²) in [6, 6.07) is 7.58. The number of carbonyl (C=O) groups excluding carboxylic acids is 1. The molecule has 0 spiro atoms. The molecule has 1 heterocycles. The number of nitrogens with one attached hydrogen (secondary N) is 1. The van der Waals surface area contributed by atoms with Gasteiger partial charge in [-0.2, -0.15) is 13.2 Å².